The third kappa shape index (κ3) is 2.04. The fourth-order valence-electron chi connectivity index (χ4n) is 1.85. The van der Waals surface area contributed by atoms with E-state index in [4.69, 9.17) is 0 Å². The third-order valence-corrected chi connectivity index (χ3v) is 3.37. The van der Waals surface area contributed by atoms with E-state index in [1.807, 2.05) is 24.3 Å². The Morgan fingerprint density at radius 2 is 1.95 bits per heavy atom. The Hall–Kier alpha value is -2.08. The van der Waals surface area contributed by atoms with Crippen LogP contribution in [0.3, 0.4) is 0 Å². The highest BCUT2D eigenvalue weighted by molar-refractivity contribution is 9.10. The highest BCUT2D eigenvalue weighted by Crippen LogP contribution is 2.19. The van der Waals surface area contributed by atoms with E-state index < -0.39 is 0 Å². The molecule has 0 saturated carbocycles. The van der Waals surface area contributed by atoms with Gasteiger partial charge in [-0.2, -0.15) is 5.10 Å². The van der Waals surface area contributed by atoms with Crippen LogP contribution in [0.15, 0.2) is 41.1 Å². The normalized spacial score (nSPS) is 10.8. The molecule has 0 aliphatic carbocycles. The number of fused-ring (bicyclic) bond motifs is 1. The highest BCUT2D eigenvalue weighted by Gasteiger charge is 2.19. The van der Waals surface area contributed by atoms with Crippen LogP contribution in [0.4, 0.5) is 0 Å². The van der Waals surface area contributed by atoms with Crippen LogP contribution in [0.25, 0.3) is 11.0 Å². The van der Waals surface area contributed by atoms with E-state index in [0.29, 0.717) is 21.4 Å². The lowest BCUT2D eigenvalue weighted by molar-refractivity contribution is 0.102. The van der Waals surface area contributed by atoms with Gasteiger partial charge in [-0.1, -0.05) is 12.1 Å². The molecule has 0 bridgehead atoms. The minimum absolute atomic E-state index is 0.204. The van der Waals surface area contributed by atoms with Gasteiger partial charge in [-0.25, -0.2) is 4.98 Å². The maximum atomic E-state index is 12.4. The van der Waals surface area contributed by atoms with Gasteiger partial charge in [0.15, 0.2) is 0 Å². The fourth-order valence-corrected chi connectivity index (χ4v) is 2.38. The second kappa shape index (κ2) is 4.55. The summed E-state index contributed by atoms with van der Waals surface area (Å²) < 4.78 is 2.17. The lowest BCUT2D eigenvalue weighted by Gasteiger charge is -2.03. The van der Waals surface area contributed by atoms with E-state index in [9.17, 15) is 4.79 Å². The number of para-hydroxylation sites is 2. The molecule has 3 rings (SSSR count). The van der Waals surface area contributed by atoms with Crippen molar-refractivity contribution in [3.63, 3.8) is 0 Å². The number of benzene rings is 1. The van der Waals surface area contributed by atoms with Crippen molar-refractivity contribution in [2.75, 3.05) is 0 Å². The highest BCUT2D eigenvalue weighted by atomic mass is 79.9. The fraction of sp³-hybridized carbons (Fsp3) is 0.0769. The van der Waals surface area contributed by atoms with E-state index in [2.05, 4.69) is 31.0 Å². The summed E-state index contributed by atoms with van der Waals surface area (Å²) in [5.74, 6) is -0.204. The van der Waals surface area contributed by atoms with E-state index in [0.717, 1.165) is 5.52 Å². The van der Waals surface area contributed by atoms with Crippen molar-refractivity contribution in [3.8, 4) is 0 Å². The first kappa shape index (κ1) is 12.0. The van der Waals surface area contributed by atoms with Crippen LogP contribution in [-0.2, 0) is 7.05 Å². The SMILES string of the molecule is Cn1ncc(Br)c1C(=O)c1cnc2ccccc2n1. The summed E-state index contributed by atoms with van der Waals surface area (Å²) in [6, 6.07) is 7.44. The molecule has 2 heterocycles. The lowest BCUT2D eigenvalue weighted by atomic mass is 10.2. The van der Waals surface area contributed by atoms with Crippen molar-refractivity contribution in [3.05, 3.63) is 52.5 Å². The smallest absolute Gasteiger partial charge is 0.232 e. The van der Waals surface area contributed by atoms with Crippen LogP contribution in [-0.4, -0.2) is 25.5 Å². The number of nitrogens with zero attached hydrogens (tertiary/aromatic N) is 4. The molecular weight excluding hydrogens is 308 g/mol. The molecule has 1 aromatic carbocycles. The Balaban J connectivity index is 2.12. The average molecular weight is 317 g/mol. The number of ketones is 1. The summed E-state index contributed by atoms with van der Waals surface area (Å²) in [5.41, 5.74) is 2.24. The largest absolute Gasteiger partial charge is 0.285 e. The first-order valence-corrected chi connectivity index (χ1v) is 6.40. The van der Waals surface area contributed by atoms with Crippen LogP contribution in [0.1, 0.15) is 16.2 Å². The molecule has 6 heteroatoms. The lowest BCUT2D eigenvalue weighted by Crippen LogP contribution is -2.11. The topological polar surface area (TPSA) is 60.7 Å². The first-order chi connectivity index (χ1) is 9.16. The minimum atomic E-state index is -0.204. The van der Waals surface area contributed by atoms with Gasteiger partial charge in [0.2, 0.25) is 5.78 Å². The molecule has 19 heavy (non-hydrogen) atoms. The summed E-state index contributed by atoms with van der Waals surface area (Å²) in [7, 11) is 1.71. The predicted octanol–water partition coefficient (Wildman–Crippen LogP) is 2.36. The molecule has 3 aromatic rings. The number of aromatic nitrogens is 4. The van der Waals surface area contributed by atoms with Gasteiger partial charge in [-0.15, -0.1) is 0 Å². The summed E-state index contributed by atoms with van der Waals surface area (Å²) in [6.45, 7) is 0. The number of aryl methyl sites for hydroxylation is 1. The maximum Gasteiger partial charge on any atom is 0.232 e. The minimum Gasteiger partial charge on any atom is -0.285 e. The van der Waals surface area contributed by atoms with E-state index in [-0.39, 0.29) is 5.78 Å². The molecule has 0 aliphatic rings. The Morgan fingerprint density at radius 1 is 1.21 bits per heavy atom. The van der Waals surface area contributed by atoms with Crippen LogP contribution in [0, 0.1) is 0 Å². The molecule has 0 N–H and O–H groups in total. The van der Waals surface area contributed by atoms with E-state index in [1.54, 1.807) is 13.2 Å². The standard InChI is InChI=1S/C13H9BrN4O/c1-18-12(8(14)6-16-18)13(19)11-7-15-9-4-2-3-5-10(9)17-11/h2-7H,1H3. The van der Waals surface area contributed by atoms with Gasteiger partial charge in [-0.05, 0) is 28.1 Å². The zero-order valence-electron chi connectivity index (χ0n) is 10.0. The number of halogens is 1. The molecular formula is C13H9BrN4O. The third-order valence-electron chi connectivity index (χ3n) is 2.79. The quantitative estimate of drug-likeness (QED) is 0.681. The first-order valence-electron chi connectivity index (χ1n) is 5.61. The van der Waals surface area contributed by atoms with Gasteiger partial charge < -0.3 is 0 Å². The number of rotatable bonds is 2. The Morgan fingerprint density at radius 3 is 2.63 bits per heavy atom. The molecule has 5 nitrogen and oxygen atoms in total. The Kier molecular flexibility index (Phi) is 2.87. The van der Waals surface area contributed by atoms with Gasteiger partial charge in [0.1, 0.15) is 11.4 Å². The molecule has 94 valence electrons. The maximum absolute atomic E-state index is 12.4. The van der Waals surface area contributed by atoms with E-state index in [1.165, 1.54) is 10.9 Å². The number of carbonyl (C=O) groups is 1. The molecule has 2 aromatic heterocycles. The molecule has 0 aliphatic heterocycles. The van der Waals surface area contributed by atoms with Crippen molar-refractivity contribution >= 4 is 32.7 Å². The number of hydrogen-bond donors (Lipinski definition) is 0. The van der Waals surface area contributed by atoms with Crippen LogP contribution < -0.4 is 0 Å². The van der Waals surface area contributed by atoms with Crippen LogP contribution in [0.5, 0.6) is 0 Å². The van der Waals surface area contributed by atoms with Crippen molar-refractivity contribution in [1.82, 2.24) is 19.7 Å². The van der Waals surface area contributed by atoms with Gasteiger partial charge in [0.05, 0.1) is 27.9 Å². The second-order valence-corrected chi connectivity index (χ2v) is 4.89. The summed E-state index contributed by atoms with van der Waals surface area (Å²) in [6.07, 6.45) is 3.08. The Bertz CT molecular complexity index is 762. The second-order valence-electron chi connectivity index (χ2n) is 4.04. The number of carbonyl (C=O) groups excluding carboxylic acids is 1. The molecule has 0 amide bonds. The average Bonchev–Trinajstić information content (AvgIpc) is 2.77. The van der Waals surface area contributed by atoms with Crippen molar-refractivity contribution in [2.24, 2.45) is 7.05 Å². The summed E-state index contributed by atoms with van der Waals surface area (Å²) in [4.78, 5) is 21.0. The van der Waals surface area contributed by atoms with Gasteiger partial charge >= 0.3 is 0 Å². The van der Waals surface area contributed by atoms with E-state index >= 15 is 0 Å². The molecule has 0 unspecified atom stereocenters. The Labute approximate surface area is 117 Å². The summed E-state index contributed by atoms with van der Waals surface area (Å²) >= 11 is 3.31. The van der Waals surface area contributed by atoms with Crippen molar-refractivity contribution in [1.29, 1.82) is 0 Å². The zero-order valence-corrected chi connectivity index (χ0v) is 11.6. The zero-order chi connectivity index (χ0) is 13.4. The predicted molar refractivity (Wildman–Crippen MR) is 73.9 cm³/mol. The molecule has 0 spiro atoms. The molecule has 0 fully saturated rings. The van der Waals surface area contributed by atoms with Crippen LogP contribution >= 0.6 is 15.9 Å². The molecule has 0 radical (unpaired) electrons. The van der Waals surface area contributed by atoms with Crippen LogP contribution in [0.2, 0.25) is 0 Å². The molecule has 0 atom stereocenters. The summed E-state index contributed by atoms with van der Waals surface area (Å²) in [5, 5.41) is 4.03. The van der Waals surface area contributed by atoms with Crippen molar-refractivity contribution < 1.29 is 4.79 Å². The van der Waals surface area contributed by atoms with Gasteiger partial charge in [0, 0.05) is 7.05 Å². The van der Waals surface area contributed by atoms with Gasteiger partial charge in [0.25, 0.3) is 0 Å². The van der Waals surface area contributed by atoms with Gasteiger partial charge in [-0.3, -0.25) is 14.5 Å². The molecule has 0 saturated heterocycles. The van der Waals surface area contributed by atoms with Crippen molar-refractivity contribution in [2.45, 2.75) is 0 Å². The number of hydrogen-bond acceptors (Lipinski definition) is 4. The monoisotopic (exact) mass is 316 g/mol.